The Kier molecular flexibility index (Phi) is 5.94. The number of halogens is 3. The monoisotopic (exact) mass is 423 g/mol. The van der Waals surface area contributed by atoms with E-state index in [9.17, 15) is 22.8 Å². The van der Waals surface area contributed by atoms with Gasteiger partial charge in [-0.15, -0.1) is 0 Å². The lowest BCUT2D eigenvalue weighted by molar-refractivity contribution is -0.192. The smallest absolute Gasteiger partial charge is 0.475 e. The molecule has 12 heteroatoms. The van der Waals surface area contributed by atoms with Gasteiger partial charge in [-0.2, -0.15) is 13.2 Å². The summed E-state index contributed by atoms with van der Waals surface area (Å²) in [6, 6.07) is 3.31. The summed E-state index contributed by atoms with van der Waals surface area (Å²) in [5, 5.41) is 7.12. The predicted molar refractivity (Wildman–Crippen MR) is 95.3 cm³/mol. The highest BCUT2D eigenvalue weighted by Gasteiger charge is 2.49. The summed E-state index contributed by atoms with van der Waals surface area (Å²) in [6.45, 7) is 0.647. The van der Waals surface area contributed by atoms with Gasteiger partial charge in [-0.25, -0.2) is 14.8 Å². The minimum Gasteiger partial charge on any atom is -0.475 e. The van der Waals surface area contributed by atoms with E-state index >= 15 is 0 Å². The minimum atomic E-state index is -5.08. The fraction of sp³-hybridized carbons (Fsp3) is 0.333. The molecule has 4 rings (SSSR count). The van der Waals surface area contributed by atoms with Crippen molar-refractivity contribution in [2.24, 2.45) is 0 Å². The standard InChI is InChI=1S/C16H15N5O2.C2HF3O2/c22-15-7-14-13(21(15)12-8-18-10-19-9-12)3-6-20(14)16(23)11-1-4-17-5-2-11;3-2(4,5)1(6)7/h1-2,4-5,8-10,13-14H,3,6-7H2;(H,6,7). The topological polar surface area (TPSA) is 117 Å². The Balaban J connectivity index is 0.000000318. The van der Waals surface area contributed by atoms with Crippen molar-refractivity contribution >= 4 is 23.5 Å². The van der Waals surface area contributed by atoms with Crippen LogP contribution in [0.15, 0.2) is 43.2 Å². The number of fused-ring (bicyclic) bond motifs is 1. The molecular weight excluding hydrogens is 407 g/mol. The predicted octanol–water partition coefficient (Wildman–Crippen LogP) is 1.52. The van der Waals surface area contributed by atoms with Crippen molar-refractivity contribution in [3.05, 3.63) is 48.8 Å². The summed E-state index contributed by atoms with van der Waals surface area (Å²) in [5.74, 6) is -2.78. The average Bonchev–Trinajstić information content (AvgIpc) is 3.26. The maximum Gasteiger partial charge on any atom is 0.490 e. The van der Waals surface area contributed by atoms with E-state index in [0.717, 1.165) is 6.42 Å². The molecule has 2 aliphatic rings. The summed E-state index contributed by atoms with van der Waals surface area (Å²) >= 11 is 0. The van der Waals surface area contributed by atoms with Crippen LogP contribution in [0.25, 0.3) is 0 Å². The number of hydrogen-bond donors (Lipinski definition) is 1. The molecule has 2 fully saturated rings. The zero-order chi connectivity index (χ0) is 21.9. The number of nitrogens with zero attached hydrogens (tertiary/aromatic N) is 5. The van der Waals surface area contributed by atoms with Crippen LogP contribution in [-0.4, -0.2) is 67.5 Å². The molecule has 158 valence electrons. The van der Waals surface area contributed by atoms with Crippen LogP contribution in [0.2, 0.25) is 0 Å². The Morgan fingerprint density at radius 1 is 1.07 bits per heavy atom. The number of anilines is 1. The van der Waals surface area contributed by atoms with Crippen LogP contribution in [0, 0.1) is 0 Å². The van der Waals surface area contributed by atoms with Gasteiger partial charge in [0.25, 0.3) is 5.91 Å². The molecule has 0 saturated carbocycles. The number of carbonyl (C=O) groups is 3. The van der Waals surface area contributed by atoms with E-state index in [1.54, 1.807) is 41.8 Å². The van der Waals surface area contributed by atoms with Crippen molar-refractivity contribution < 1.29 is 32.7 Å². The molecule has 2 unspecified atom stereocenters. The molecule has 4 heterocycles. The Hall–Kier alpha value is -3.57. The molecule has 0 aromatic carbocycles. The lowest BCUT2D eigenvalue weighted by atomic mass is 10.1. The van der Waals surface area contributed by atoms with Crippen LogP contribution in [0.3, 0.4) is 0 Å². The quantitative estimate of drug-likeness (QED) is 0.779. The van der Waals surface area contributed by atoms with Crippen LogP contribution < -0.4 is 4.90 Å². The molecule has 2 saturated heterocycles. The number of rotatable bonds is 2. The van der Waals surface area contributed by atoms with E-state index in [-0.39, 0.29) is 23.9 Å². The molecule has 0 bridgehead atoms. The zero-order valence-electron chi connectivity index (χ0n) is 15.4. The lowest BCUT2D eigenvalue weighted by Gasteiger charge is -2.25. The van der Waals surface area contributed by atoms with Crippen molar-refractivity contribution in [2.45, 2.75) is 31.1 Å². The second-order valence-corrected chi connectivity index (χ2v) is 6.53. The van der Waals surface area contributed by atoms with Gasteiger partial charge in [0.05, 0.1) is 30.2 Å². The highest BCUT2D eigenvalue weighted by molar-refractivity contribution is 6.00. The molecule has 2 aromatic heterocycles. The van der Waals surface area contributed by atoms with E-state index in [2.05, 4.69) is 15.0 Å². The third kappa shape index (κ3) is 4.36. The molecule has 2 aromatic rings. The van der Waals surface area contributed by atoms with E-state index in [1.807, 2.05) is 4.90 Å². The number of likely N-dealkylation sites (tertiary alicyclic amines) is 1. The van der Waals surface area contributed by atoms with Crippen LogP contribution in [0.5, 0.6) is 0 Å². The van der Waals surface area contributed by atoms with E-state index < -0.39 is 12.1 Å². The van der Waals surface area contributed by atoms with Gasteiger partial charge in [-0.3, -0.25) is 14.6 Å². The number of carboxylic acid groups (broad SMARTS) is 1. The second-order valence-electron chi connectivity index (χ2n) is 6.53. The number of aromatic nitrogens is 3. The summed E-state index contributed by atoms with van der Waals surface area (Å²) in [7, 11) is 0. The van der Waals surface area contributed by atoms with E-state index in [0.29, 0.717) is 24.2 Å². The average molecular weight is 423 g/mol. The number of carbonyl (C=O) groups excluding carboxylic acids is 2. The lowest BCUT2D eigenvalue weighted by Crippen LogP contribution is -2.40. The first-order valence-corrected chi connectivity index (χ1v) is 8.78. The maximum atomic E-state index is 12.7. The van der Waals surface area contributed by atoms with Gasteiger partial charge in [-0.05, 0) is 18.6 Å². The third-order valence-electron chi connectivity index (χ3n) is 4.75. The Morgan fingerprint density at radius 2 is 1.67 bits per heavy atom. The molecule has 2 atom stereocenters. The van der Waals surface area contributed by atoms with Gasteiger partial charge < -0.3 is 14.9 Å². The van der Waals surface area contributed by atoms with Crippen molar-refractivity contribution in [2.75, 3.05) is 11.4 Å². The normalized spacial score (nSPS) is 20.4. The number of aliphatic carboxylic acids is 1. The molecule has 2 amide bonds. The fourth-order valence-electron chi connectivity index (χ4n) is 3.51. The van der Waals surface area contributed by atoms with Crippen molar-refractivity contribution in [3.8, 4) is 0 Å². The second kappa shape index (κ2) is 8.43. The molecule has 9 nitrogen and oxygen atoms in total. The van der Waals surface area contributed by atoms with Crippen molar-refractivity contribution in [3.63, 3.8) is 0 Å². The molecular formula is C18H16F3N5O4. The van der Waals surface area contributed by atoms with Gasteiger partial charge in [0.15, 0.2) is 0 Å². The number of amides is 2. The van der Waals surface area contributed by atoms with Crippen LogP contribution >= 0.6 is 0 Å². The van der Waals surface area contributed by atoms with Gasteiger partial charge in [0.1, 0.15) is 6.33 Å². The minimum absolute atomic E-state index is 0.000660. The number of carboxylic acids is 1. The SMILES string of the molecule is O=C(O)C(F)(F)F.O=C(c1ccncc1)N1CCC2C1CC(=O)N2c1cncnc1. The highest BCUT2D eigenvalue weighted by Crippen LogP contribution is 2.36. The molecule has 0 radical (unpaired) electrons. The number of pyridine rings is 1. The van der Waals surface area contributed by atoms with Gasteiger partial charge in [0.2, 0.25) is 5.91 Å². The molecule has 0 aliphatic carbocycles. The molecule has 2 aliphatic heterocycles. The zero-order valence-corrected chi connectivity index (χ0v) is 15.4. The third-order valence-corrected chi connectivity index (χ3v) is 4.75. The molecule has 0 spiro atoms. The van der Waals surface area contributed by atoms with Gasteiger partial charge in [0, 0.05) is 30.9 Å². The molecule has 30 heavy (non-hydrogen) atoms. The Morgan fingerprint density at radius 3 is 2.23 bits per heavy atom. The van der Waals surface area contributed by atoms with Crippen molar-refractivity contribution in [1.82, 2.24) is 19.9 Å². The Labute approximate surface area is 168 Å². The fourth-order valence-corrected chi connectivity index (χ4v) is 3.51. The van der Waals surface area contributed by atoms with Crippen LogP contribution in [-0.2, 0) is 9.59 Å². The van der Waals surface area contributed by atoms with Gasteiger partial charge in [-0.1, -0.05) is 0 Å². The largest absolute Gasteiger partial charge is 0.490 e. The van der Waals surface area contributed by atoms with Crippen molar-refractivity contribution in [1.29, 1.82) is 0 Å². The first kappa shape index (κ1) is 21.1. The van der Waals surface area contributed by atoms with E-state index in [4.69, 9.17) is 9.90 Å². The Bertz CT molecular complexity index is 926. The first-order chi connectivity index (χ1) is 14.2. The summed E-state index contributed by atoms with van der Waals surface area (Å²) in [4.78, 5) is 49.5. The first-order valence-electron chi connectivity index (χ1n) is 8.78. The summed E-state index contributed by atoms with van der Waals surface area (Å²) < 4.78 is 31.7. The number of hydrogen-bond acceptors (Lipinski definition) is 6. The van der Waals surface area contributed by atoms with Gasteiger partial charge >= 0.3 is 12.1 Å². The maximum absolute atomic E-state index is 12.7. The van der Waals surface area contributed by atoms with E-state index in [1.165, 1.54) is 6.33 Å². The van der Waals surface area contributed by atoms with Crippen LogP contribution in [0.4, 0.5) is 18.9 Å². The molecule has 1 N–H and O–H groups in total. The highest BCUT2D eigenvalue weighted by atomic mass is 19.4. The summed E-state index contributed by atoms with van der Waals surface area (Å²) in [5.41, 5.74) is 1.30. The van der Waals surface area contributed by atoms with Crippen LogP contribution in [0.1, 0.15) is 23.2 Å². The summed E-state index contributed by atoms with van der Waals surface area (Å²) in [6.07, 6.45) is 3.96. The number of alkyl halides is 3.